The van der Waals surface area contributed by atoms with Gasteiger partial charge in [0, 0.05) is 6.04 Å². The maximum absolute atomic E-state index is 3.69. The lowest BCUT2D eigenvalue weighted by molar-refractivity contribution is 0.245. The summed E-state index contributed by atoms with van der Waals surface area (Å²) in [7, 11) is 0. The van der Waals surface area contributed by atoms with Crippen LogP contribution in [0.4, 0.5) is 0 Å². The fourth-order valence-electron chi connectivity index (χ4n) is 2.99. The monoisotopic (exact) mass is 243 g/mol. The molecule has 2 saturated carbocycles. The Kier molecular flexibility index (Phi) is 3.43. The van der Waals surface area contributed by atoms with E-state index in [1.807, 2.05) is 0 Å². The molecular weight excluding hydrogens is 218 g/mol. The number of nitrogens with one attached hydrogen (secondary N) is 1. The third kappa shape index (κ3) is 2.61. The SMILES string of the molecule is CC(C)c1ccc(C2CCC2CNC2CC2)cc1. The van der Waals surface area contributed by atoms with Gasteiger partial charge in [-0.1, -0.05) is 38.1 Å². The van der Waals surface area contributed by atoms with Gasteiger partial charge in [0.05, 0.1) is 0 Å². The van der Waals surface area contributed by atoms with Crippen LogP contribution < -0.4 is 5.32 Å². The third-order valence-corrected chi connectivity index (χ3v) is 4.69. The minimum atomic E-state index is 0.646. The van der Waals surface area contributed by atoms with Gasteiger partial charge in [0.15, 0.2) is 0 Å². The molecule has 0 saturated heterocycles. The molecule has 0 spiro atoms. The molecule has 0 bridgehead atoms. The minimum Gasteiger partial charge on any atom is -0.314 e. The molecule has 0 aliphatic heterocycles. The van der Waals surface area contributed by atoms with Gasteiger partial charge in [-0.15, -0.1) is 0 Å². The Morgan fingerprint density at radius 1 is 1.06 bits per heavy atom. The van der Waals surface area contributed by atoms with E-state index in [4.69, 9.17) is 0 Å². The van der Waals surface area contributed by atoms with Crippen molar-refractivity contribution in [2.24, 2.45) is 5.92 Å². The summed E-state index contributed by atoms with van der Waals surface area (Å²) in [4.78, 5) is 0. The van der Waals surface area contributed by atoms with Gasteiger partial charge in [-0.3, -0.25) is 0 Å². The Morgan fingerprint density at radius 2 is 1.78 bits per heavy atom. The highest BCUT2D eigenvalue weighted by Crippen LogP contribution is 2.42. The summed E-state index contributed by atoms with van der Waals surface area (Å²) in [6.45, 7) is 5.77. The van der Waals surface area contributed by atoms with E-state index in [9.17, 15) is 0 Å². The zero-order valence-electron chi connectivity index (χ0n) is 11.7. The maximum Gasteiger partial charge on any atom is 0.00683 e. The molecule has 0 radical (unpaired) electrons. The first-order valence-electron chi connectivity index (χ1n) is 7.57. The molecule has 2 aliphatic carbocycles. The zero-order valence-corrected chi connectivity index (χ0v) is 11.7. The van der Waals surface area contributed by atoms with Gasteiger partial charge in [-0.2, -0.15) is 0 Å². The Morgan fingerprint density at radius 3 is 2.28 bits per heavy atom. The van der Waals surface area contributed by atoms with Crippen molar-refractivity contribution >= 4 is 0 Å². The van der Waals surface area contributed by atoms with E-state index in [0.717, 1.165) is 17.9 Å². The zero-order chi connectivity index (χ0) is 12.5. The van der Waals surface area contributed by atoms with Crippen molar-refractivity contribution in [1.82, 2.24) is 5.32 Å². The highest BCUT2D eigenvalue weighted by atomic mass is 14.9. The first kappa shape index (κ1) is 12.2. The van der Waals surface area contributed by atoms with Gasteiger partial charge in [-0.05, 0) is 61.1 Å². The van der Waals surface area contributed by atoms with Crippen LogP contribution in [0.3, 0.4) is 0 Å². The van der Waals surface area contributed by atoms with Gasteiger partial charge in [0.1, 0.15) is 0 Å². The van der Waals surface area contributed by atoms with Crippen LogP contribution in [0.15, 0.2) is 24.3 Å². The van der Waals surface area contributed by atoms with Gasteiger partial charge < -0.3 is 5.32 Å². The topological polar surface area (TPSA) is 12.0 Å². The quantitative estimate of drug-likeness (QED) is 0.822. The molecule has 0 heterocycles. The summed E-state index contributed by atoms with van der Waals surface area (Å²) in [6, 6.07) is 10.2. The summed E-state index contributed by atoms with van der Waals surface area (Å²) in [5.74, 6) is 2.35. The average Bonchev–Trinajstić information content (AvgIpc) is 3.12. The number of hydrogen-bond donors (Lipinski definition) is 1. The molecule has 2 aliphatic rings. The molecule has 0 aromatic heterocycles. The van der Waals surface area contributed by atoms with Crippen LogP contribution in [-0.2, 0) is 0 Å². The van der Waals surface area contributed by atoms with Gasteiger partial charge in [0.25, 0.3) is 0 Å². The molecule has 1 aromatic carbocycles. The molecule has 0 amide bonds. The molecule has 18 heavy (non-hydrogen) atoms. The van der Waals surface area contributed by atoms with Crippen LogP contribution >= 0.6 is 0 Å². The van der Waals surface area contributed by atoms with Crippen LogP contribution in [-0.4, -0.2) is 12.6 Å². The molecule has 1 heteroatoms. The number of rotatable bonds is 5. The van der Waals surface area contributed by atoms with Crippen molar-refractivity contribution in [1.29, 1.82) is 0 Å². The van der Waals surface area contributed by atoms with Gasteiger partial charge in [0.2, 0.25) is 0 Å². The molecule has 2 fully saturated rings. The number of hydrogen-bond acceptors (Lipinski definition) is 1. The van der Waals surface area contributed by atoms with Gasteiger partial charge >= 0.3 is 0 Å². The fraction of sp³-hybridized carbons (Fsp3) is 0.647. The fourth-order valence-corrected chi connectivity index (χ4v) is 2.99. The first-order chi connectivity index (χ1) is 8.74. The Labute approximate surface area is 111 Å². The molecule has 3 rings (SSSR count). The molecule has 98 valence electrons. The van der Waals surface area contributed by atoms with E-state index in [1.54, 1.807) is 5.56 Å². The van der Waals surface area contributed by atoms with Crippen LogP contribution in [0.5, 0.6) is 0 Å². The van der Waals surface area contributed by atoms with Crippen molar-refractivity contribution in [3.8, 4) is 0 Å². The Balaban J connectivity index is 1.59. The molecule has 1 aromatic rings. The van der Waals surface area contributed by atoms with E-state index in [0.29, 0.717) is 5.92 Å². The lowest BCUT2D eigenvalue weighted by Crippen LogP contribution is -2.34. The van der Waals surface area contributed by atoms with Crippen molar-refractivity contribution < 1.29 is 0 Å². The van der Waals surface area contributed by atoms with Crippen LogP contribution in [0.25, 0.3) is 0 Å². The summed E-state index contributed by atoms with van der Waals surface area (Å²) < 4.78 is 0. The first-order valence-corrected chi connectivity index (χ1v) is 7.57. The summed E-state index contributed by atoms with van der Waals surface area (Å²) in [5.41, 5.74) is 3.03. The third-order valence-electron chi connectivity index (χ3n) is 4.69. The second-order valence-corrected chi connectivity index (χ2v) is 6.45. The minimum absolute atomic E-state index is 0.646. The van der Waals surface area contributed by atoms with Crippen molar-refractivity contribution in [3.63, 3.8) is 0 Å². The molecule has 2 atom stereocenters. The molecule has 1 nitrogen and oxygen atoms in total. The lowest BCUT2D eigenvalue weighted by atomic mass is 9.70. The van der Waals surface area contributed by atoms with Crippen LogP contribution in [0.1, 0.15) is 62.5 Å². The van der Waals surface area contributed by atoms with E-state index in [2.05, 4.69) is 43.4 Å². The Bertz CT molecular complexity index is 389. The highest BCUT2D eigenvalue weighted by molar-refractivity contribution is 5.29. The second-order valence-electron chi connectivity index (χ2n) is 6.45. The van der Waals surface area contributed by atoms with Crippen molar-refractivity contribution in [2.75, 3.05) is 6.54 Å². The van der Waals surface area contributed by atoms with E-state index >= 15 is 0 Å². The molecule has 1 N–H and O–H groups in total. The highest BCUT2D eigenvalue weighted by Gasteiger charge is 2.33. The standard InChI is InChI=1S/C17H25N/c1-12(2)13-3-5-14(6-4-13)17-10-7-15(17)11-18-16-8-9-16/h3-6,12,15-18H,7-11H2,1-2H3. The van der Waals surface area contributed by atoms with Crippen molar-refractivity contribution in [2.45, 2.75) is 57.4 Å². The van der Waals surface area contributed by atoms with E-state index in [1.165, 1.54) is 37.8 Å². The predicted octanol–water partition coefficient (Wildman–Crippen LogP) is 4.06. The smallest absolute Gasteiger partial charge is 0.00683 e. The Hall–Kier alpha value is -0.820. The van der Waals surface area contributed by atoms with Gasteiger partial charge in [-0.25, -0.2) is 0 Å². The van der Waals surface area contributed by atoms with E-state index < -0.39 is 0 Å². The predicted molar refractivity (Wildman–Crippen MR) is 77.0 cm³/mol. The summed E-state index contributed by atoms with van der Waals surface area (Å²) in [6.07, 6.45) is 5.61. The largest absolute Gasteiger partial charge is 0.314 e. The maximum atomic E-state index is 3.69. The molecular formula is C17H25N. The second kappa shape index (κ2) is 5.05. The summed E-state index contributed by atoms with van der Waals surface area (Å²) >= 11 is 0. The van der Waals surface area contributed by atoms with E-state index in [-0.39, 0.29) is 0 Å². The average molecular weight is 243 g/mol. The van der Waals surface area contributed by atoms with Crippen LogP contribution in [0, 0.1) is 5.92 Å². The summed E-state index contributed by atoms with van der Waals surface area (Å²) in [5, 5.41) is 3.69. The van der Waals surface area contributed by atoms with Crippen molar-refractivity contribution in [3.05, 3.63) is 35.4 Å². The van der Waals surface area contributed by atoms with Crippen LogP contribution in [0.2, 0.25) is 0 Å². The molecule has 2 unspecified atom stereocenters. The normalized spacial score (nSPS) is 27.3. The number of benzene rings is 1. The lowest BCUT2D eigenvalue weighted by Gasteiger charge is -2.37.